The lowest BCUT2D eigenvalue weighted by Crippen LogP contribution is -1.62. The van der Waals surface area contributed by atoms with Gasteiger partial charge in [0.05, 0.1) is 0 Å². The summed E-state index contributed by atoms with van der Waals surface area (Å²) in [6.45, 7) is 0. The van der Waals surface area contributed by atoms with Crippen LogP contribution in [0, 0.1) is 0 Å². The third-order valence-corrected chi connectivity index (χ3v) is 1.79. The van der Waals surface area contributed by atoms with Crippen LogP contribution in [0.3, 0.4) is 0 Å². The van der Waals surface area contributed by atoms with Crippen molar-refractivity contribution in [1.29, 1.82) is 0 Å². The van der Waals surface area contributed by atoms with E-state index in [2.05, 4.69) is 25.2 Å². The van der Waals surface area contributed by atoms with Crippen molar-refractivity contribution in [2.45, 2.75) is 0 Å². The van der Waals surface area contributed by atoms with E-state index in [9.17, 15) is 0 Å². The summed E-state index contributed by atoms with van der Waals surface area (Å²) in [5.74, 6) is 0.491. The highest BCUT2D eigenvalue weighted by Crippen LogP contribution is 2.16. The van der Waals surface area contributed by atoms with Crippen molar-refractivity contribution in [3.63, 3.8) is 0 Å². The van der Waals surface area contributed by atoms with Gasteiger partial charge >= 0.3 is 0 Å². The van der Waals surface area contributed by atoms with E-state index in [-0.39, 0.29) is 0 Å². The maximum Gasteiger partial charge on any atom is 0.246 e. The van der Waals surface area contributed by atoms with E-state index >= 15 is 0 Å². The topological polar surface area (TPSA) is 66.3 Å². The van der Waals surface area contributed by atoms with Gasteiger partial charge in [-0.25, -0.2) is 9.97 Å². The van der Waals surface area contributed by atoms with Gasteiger partial charge in [0.2, 0.25) is 11.1 Å². The number of aromatic amines is 1. The summed E-state index contributed by atoms with van der Waals surface area (Å²) in [6, 6.07) is 0. The van der Waals surface area contributed by atoms with Crippen LogP contribution >= 0.6 is 11.3 Å². The molecule has 0 aromatic carbocycles. The molecule has 2 aromatic heterocycles. The number of hydrogen-bond donors (Lipinski definition) is 1. The van der Waals surface area contributed by atoms with E-state index in [0.29, 0.717) is 11.1 Å². The normalized spacial score (nSPS) is 11.0. The van der Waals surface area contributed by atoms with Crippen LogP contribution in [0.15, 0.2) is 34.2 Å². The van der Waals surface area contributed by atoms with E-state index in [0.717, 1.165) is 0 Å². The van der Waals surface area contributed by atoms with Gasteiger partial charge in [-0.2, -0.15) is 0 Å². The molecule has 0 unspecified atom stereocenters. The molecule has 2 heterocycles. The summed E-state index contributed by atoms with van der Waals surface area (Å²) in [5, 5.41) is 10.1. The number of hydrogen-bond acceptors (Lipinski definition) is 5. The van der Waals surface area contributed by atoms with E-state index in [1.54, 1.807) is 18.6 Å². The predicted molar refractivity (Wildman–Crippen MR) is 44.9 cm³/mol. The fourth-order valence-electron chi connectivity index (χ4n) is 0.667. The Balaban J connectivity index is 2.14. The molecule has 6 heteroatoms. The fraction of sp³-hybridized carbons (Fsp3) is 0. The molecule has 0 radical (unpaired) electrons. The van der Waals surface area contributed by atoms with Gasteiger partial charge in [-0.05, 0) is 0 Å². The second kappa shape index (κ2) is 3.22. The quantitative estimate of drug-likeness (QED) is 0.718. The van der Waals surface area contributed by atoms with Gasteiger partial charge < -0.3 is 4.98 Å². The summed E-state index contributed by atoms with van der Waals surface area (Å²) in [4.78, 5) is 10.6. The van der Waals surface area contributed by atoms with E-state index < -0.39 is 0 Å². The molecule has 2 rings (SSSR count). The average Bonchev–Trinajstić information content (AvgIpc) is 2.74. The van der Waals surface area contributed by atoms with Gasteiger partial charge in [-0.15, -0.1) is 21.6 Å². The second-order valence-electron chi connectivity index (χ2n) is 1.93. The molecule has 0 fully saturated rings. The molecule has 0 aliphatic carbocycles. The number of nitrogens with one attached hydrogen (secondary N) is 1. The fourth-order valence-corrected chi connectivity index (χ4v) is 1.12. The Morgan fingerprint density at radius 1 is 1.25 bits per heavy atom. The Bertz CT molecular complexity index is 313. The Kier molecular flexibility index (Phi) is 1.91. The highest BCUT2D eigenvalue weighted by atomic mass is 32.1. The van der Waals surface area contributed by atoms with Crippen LogP contribution in [0.4, 0.5) is 11.1 Å². The smallest absolute Gasteiger partial charge is 0.246 e. The number of H-pyrrole nitrogens is 1. The third-order valence-electron chi connectivity index (χ3n) is 1.13. The van der Waals surface area contributed by atoms with E-state index in [1.807, 2.05) is 5.38 Å². The molecule has 0 saturated carbocycles. The first-order chi connectivity index (χ1) is 5.95. The number of azo groups is 1. The summed E-state index contributed by atoms with van der Waals surface area (Å²) in [6.07, 6.45) is 4.99. The summed E-state index contributed by atoms with van der Waals surface area (Å²) >= 11 is 1.43. The first-order valence-corrected chi connectivity index (χ1v) is 4.14. The summed E-state index contributed by atoms with van der Waals surface area (Å²) in [7, 11) is 0. The standard InChI is InChI=1S/C6H5N5S/c1-2-8-5(7-1)10-11-6-9-3-4-12-6/h1-4H,(H,7,8). The molecule has 0 saturated heterocycles. The van der Waals surface area contributed by atoms with Crippen LogP contribution in [0.5, 0.6) is 0 Å². The highest BCUT2D eigenvalue weighted by Gasteiger charge is 1.91. The molecule has 0 aliphatic heterocycles. The molecule has 0 atom stereocenters. The minimum absolute atomic E-state index is 0.491. The number of imidazole rings is 1. The Labute approximate surface area is 72.2 Å². The maximum atomic E-state index is 3.93. The Hall–Kier alpha value is -1.56. The van der Waals surface area contributed by atoms with Crippen molar-refractivity contribution in [2.24, 2.45) is 10.2 Å². The van der Waals surface area contributed by atoms with Crippen molar-refractivity contribution in [3.8, 4) is 0 Å². The van der Waals surface area contributed by atoms with Crippen LogP contribution in [0.2, 0.25) is 0 Å². The zero-order chi connectivity index (χ0) is 8.23. The number of nitrogens with zero attached hydrogens (tertiary/aromatic N) is 4. The largest absolute Gasteiger partial charge is 0.328 e. The number of thiazole rings is 1. The van der Waals surface area contributed by atoms with Gasteiger partial charge in [0.15, 0.2) is 0 Å². The minimum Gasteiger partial charge on any atom is -0.328 e. The molecular weight excluding hydrogens is 174 g/mol. The SMILES string of the molecule is c1c[nH]c(N=Nc2nccs2)n1. The van der Waals surface area contributed by atoms with Crippen molar-refractivity contribution >= 4 is 22.4 Å². The first kappa shape index (κ1) is 7.11. The molecule has 12 heavy (non-hydrogen) atoms. The van der Waals surface area contributed by atoms with E-state index in [4.69, 9.17) is 0 Å². The van der Waals surface area contributed by atoms with Gasteiger partial charge in [-0.1, -0.05) is 0 Å². The lowest BCUT2D eigenvalue weighted by atomic mass is 11.0. The third kappa shape index (κ3) is 1.54. The van der Waals surface area contributed by atoms with Crippen molar-refractivity contribution in [2.75, 3.05) is 0 Å². The highest BCUT2D eigenvalue weighted by molar-refractivity contribution is 7.13. The van der Waals surface area contributed by atoms with Crippen LogP contribution in [0.25, 0.3) is 0 Å². The zero-order valence-corrected chi connectivity index (χ0v) is 6.82. The molecule has 5 nitrogen and oxygen atoms in total. The average molecular weight is 179 g/mol. The number of rotatable bonds is 2. The second-order valence-corrected chi connectivity index (χ2v) is 2.80. The van der Waals surface area contributed by atoms with Crippen LogP contribution in [0.1, 0.15) is 0 Å². The molecule has 0 spiro atoms. The van der Waals surface area contributed by atoms with Gasteiger partial charge in [0.25, 0.3) is 0 Å². The van der Waals surface area contributed by atoms with Gasteiger partial charge in [0.1, 0.15) is 0 Å². The van der Waals surface area contributed by atoms with Crippen LogP contribution in [-0.2, 0) is 0 Å². The lowest BCUT2D eigenvalue weighted by molar-refractivity contribution is 1.11. The van der Waals surface area contributed by atoms with Crippen molar-refractivity contribution in [1.82, 2.24) is 15.0 Å². The summed E-state index contributed by atoms with van der Waals surface area (Å²) in [5.41, 5.74) is 0. The van der Waals surface area contributed by atoms with Gasteiger partial charge in [-0.3, -0.25) is 0 Å². The zero-order valence-electron chi connectivity index (χ0n) is 6.01. The maximum absolute atomic E-state index is 3.93. The summed E-state index contributed by atoms with van der Waals surface area (Å²) < 4.78 is 0. The van der Waals surface area contributed by atoms with Crippen molar-refractivity contribution < 1.29 is 0 Å². The van der Waals surface area contributed by atoms with Crippen LogP contribution < -0.4 is 0 Å². The Morgan fingerprint density at radius 3 is 2.92 bits per heavy atom. The first-order valence-electron chi connectivity index (χ1n) is 3.26. The predicted octanol–water partition coefficient (Wildman–Crippen LogP) is 2.28. The van der Waals surface area contributed by atoms with Crippen LogP contribution in [-0.4, -0.2) is 15.0 Å². The molecule has 0 aliphatic rings. The molecule has 1 N–H and O–H groups in total. The van der Waals surface area contributed by atoms with Gasteiger partial charge in [0, 0.05) is 24.0 Å². The molecule has 2 aromatic rings. The Morgan fingerprint density at radius 2 is 2.25 bits per heavy atom. The van der Waals surface area contributed by atoms with Crippen molar-refractivity contribution in [3.05, 3.63) is 24.0 Å². The molecule has 0 amide bonds. The monoisotopic (exact) mass is 179 g/mol. The minimum atomic E-state index is 0.491. The number of aromatic nitrogens is 3. The molecular formula is C6H5N5S. The molecule has 0 bridgehead atoms. The molecule has 60 valence electrons. The van der Waals surface area contributed by atoms with E-state index in [1.165, 1.54) is 11.3 Å². The lowest BCUT2D eigenvalue weighted by Gasteiger charge is -1.80.